The van der Waals surface area contributed by atoms with Gasteiger partial charge in [-0.05, 0) is 48.3 Å². The molecule has 2 aromatic carbocycles. The third kappa shape index (κ3) is 3.60. The molecule has 2 aromatic rings. The van der Waals surface area contributed by atoms with Gasteiger partial charge < -0.3 is 10.2 Å². The third-order valence-electron chi connectivity index (χ3n) is 7.29. The maximum atomic E-state index is 13.8. The second-order valence-corrected chi connectivity index (χ2v) is 8.93. The first-order valence-electron chi connectivity index (χ1n) is 11.2. The normalized spacial score (nSPS) is 26.8. The highest BCUT2D eigenvalue weighted by molar-refractivity contribution is 5.75. The fourth-order valence-electron chi connectivity index (χ4n) is 5.78. The summed E-state index contributed by atoms with van der Waals surface area (Å²) in [6.07, 6.45) is 4.28. The Labute approximate surface area is 178 Å². The van der Waals surface area contributed by atoms with E-state index in [4.69, 9.17) is 0 Å². The Kier molecular flexibility index (Phi) is 5.47. The van der Waals surface area contributed by atoms with Crippen molar-refractivity contribution in [2.45, 2.75) is 43.8 Å². The second kappa shape index (κ2) is 8.38. The Balaban J connectivity index is 1.35. The topological polar surface area (TPSA) is 35.6 Å². The number of hydrogen-bond donors (Lipinski definition) is 1. The zero-order valence-electron chi connectivity index (χ0n) is 17.3. The predicted octanol–water partition coefficient (Wildman–Crippen LogP) is 4.49. The summed E-state index contributed by atoms with van der Waals surface area (Å²) in [6.45, 7) is 2.32. The molecule has 4 atom stereocenters. The van der Waals surface area contributed by atoms with Crippen molar-refractivity contribution in [1.29, 1.82) is 0 Å². The number of carbonyl (C=O) groups excluding carboxylic acids is 1. The van der Waals surface area contributed by atoms with Gasteiger partial charge in [0.1, 0.15) is 6.67 Å². The van der Waals surface area contributed by atoms with Gasteiger partial charge in [0.15, 0.2) is 0 Å². The lowest BCUT2D eigenvalue weighted by atomic mass is 9.77. The zero-order chi connectivity index (χ0) is 20.5. The van der Waals surface area contributed by atoms with Crippen LogP contribution in [0.2, 0.25) is 0 Å². The number of benzene rings is 2. The van der Waals surface area contributed by atoms with Gasteiger partial charge in [-0.3, -0.25) is 4.90 Å². The number of amides is 2. The van der Waals surface area contributed by atoms with Crippen molar-refractivity contribution in [1.82, 2.24) is 15.1 Å². The number of urea groups is 1. The molecule has 0 radical (unpaired) electrons. The molecule has 1 N–H and O–H groups in total. The lowest BCUT2D eigenvalue weighted by Crippen LogP contribution is -2.59. The minimum absolute atomic E-state index is 0.117. The minimum Gasteiger partial charge on any atom is -0.329 e. The van der Waals surface area contributed by atoms with Crippen LogP contribution in [0.4, 0.5) is 9.18 Å². The van der Waals surface area contributed by atoms with Crippen LogP contribution in [-0.2, 0) is 6.42 Å². The van der Waals surface area contributed by atoms with Gasteiger partial charge in [-0.15, -0.1) is 0 Å². The molecule has 0 saturated carbocycles. The molecule has 0 aliphatic carbocycles. The van der Waals surface area contributed by atoms with E-state index in [-0.39, 0.29) is 12.1 Å². The number of nitrogens with one attached hydrogen (secondary N) is 1. The SMILES string of the molecule is O=C(N[C@@H](CF)c1ccccc1)N1CCC[C@@H]2CN3CCc4ccccc4[C@@H]3C[C@@H]21. The molecular weight excluding hydrogens is 377 g/mol. The van der Waals surface area contributed by atoms with E-state index >= 15 is 0 Å². The average Bonchev–Trinajstić information content (AvgIpc) is 2.81. The number of alkyl halides is 1. The third-order valence-corrected chi connectivity index (χ3v) is 7.29. The first-order chi connectivity index (χ1) is 14.7. The number of hydrogen-bond acceptors (Lipinski definition) is 2. The van der Waals surface area contributed by atoms with Gasteiger partial charge in [0.2, 0.25) is 0 Å². The molecule has 4 nitrogen and oxygen atoms in total. The van der Waals surface area contributed by atoms with E-state index in [9.17, 15) is 9.18 Å². The summed E-state index contributed by atoms with van der Waals surface area (Å²) >= 11 is 0. The molecule has 30 heavy (non-hydrogen) atoms. The lowest BCUT2D eigenvalue weighted by molar-refractivity contribution is 0.00509. The molecule has 3 heterocycles. The minimum atomic E-state index is -0.596. The van der Waals surface area contributed by atoms with Gasteiger partial charge in [0.25, 0.3) is 0 Å². The largest absolute Gasteiger partial charge is 0.329 e. The number of rotatable bonds is 3. The van der Waals surface area contributed by atoms with Crippen molar-refractivity contribution in [2.75, 3.05) is 26.3 Å². The summed E-state index contributed by atoms with van der Waals surface area (Å²) in [5.74, 6) is 0.506. The van der Waals surface area contributed by atoms with Gasteiger partial charge in [-0.2, -0.15) is 0 Å². The van der Waals surface area contributed by atoms with Crippen LogP contribution in [0.1, 0.15) is 48.0 Å². The van der Waals surface area contributed by atoms with Gasteiger partial charge in [0, 0.05) is 31.7 Å². The fraction of sp³-hybridized carbons (Fsp3) is 0.480. The Morgan fingerprint density at radius 2 is 1.90 bits per heavy atom. The van der Waals surface area contributed by atoms with E-state index < -0.39 is 12.7 Å². The molecule has 5 rings (SSSR count). The highest BCUT2D eigenvalue weighted by atomic mass is 19.1. The van der Waals surface area contributed by atoms with Crippen molar-refractivity contribution in [2.24, 2.45) is 5.92 Å². The number of piperidine rings is 2. The van der Waals surface area contributed by atoms with Crippen LogP contribution in [0.15, 0.2) is 54.6 Å². The van der Waals surface area contributed by atoms with Crippen molar-refractivity contribution in [3.8, 4) is 0 Å². The maximum absolute atomic E-state index is 13.8. The number of nitrogens with zero attached hydrogens (tertiary/aromatic N) is 2. The molecule has 0 spiro atoms. The van der Waals surface area contributed by atoms with E-state index in [2.05, 4.69) is 34.5 Å². The predicted molar refractivity (Wildman–Crippen MR) is 116 cm³/mol. The smallest absolute Gasteiger partial charge is 0.318 e. The Hall–Kier alpha value is -2.40. The van der Waals surface area contributed by atoms with Crippen molar-refractivity contribution >= 4 is 6.03 Å². The van der Waals surface area contributed by atoms with Gasteiger partial charge in [-0.1, -0.05) is 54.6 Å². The van der Waals surface area contributed by atoms with Crippen molar-refractivity contribution < 1.29 is 9.18 Å². The molecule has 5 heteroatoms. The molecule has 2 amide bonds. The van der Waals surface area contributed by atoms with Crippen molar-refractivity contribution in [3.63, 3.8) is 0 Å². The summed E-state index contributed by atoms with van der Waals surface area (Å²) in [5, 5.41) is 2.98. The average molecular weight is 408 g/mol. The zero-order valence-corrected chi connectivity index (χ0v) is 17.3. The van der Waals surface area contributed by atoms with E-state index in [1.54, 1.807) is 0 Å². The Bertz CT molecular complexity index is 889. The molecule has 2 saturated heterocycles. The van der Waals surface area contributed by atoms with Crippen LogP contribution in [0, 0.1) is 5.92 Å². The first kappa shape index (κ1) is 19.6. The maximum Gasteiger partial charge on any atom is 0.318 e. The van der Waals surface area contributed by atoms with Crippen LogP contribution in [0.3, 0.4) is 0 Å². The van der Waals surface area contributed by atoms with E-state index in [1.807, 2.05) is 35.2 Å². The summed E-state index contributed by atoms with van der Waals surface area (Å²) in [4.78, 5) is 17.9. The van der Waals surface area contributed by atoms with Crippen LogP contribution in [0.5, 0.6) is 0 Å². The summed E-state index contributed by atoms with van der Waals surface area (Å²) < 4.78 is 13.8. The summed E-state index contributed by atoms with van der Waals surface area (Å²) in [7, 11) is 0. The highest BCUT2D eigenvalue weighted by Crippen LogP contribution is 2.42. The Morgan fingerprint density at radius 3 is 2.73 bits per heavy atom. The highest BCUT2D eigenvalue weighted by Gasteiger charge is 2.44. The van der Waals surface area contributed by atoms with Crippen molar-refractivity contribution in [3.05, 3.63) is 71.3 Å². The van der Waals surface area contributed by atoms with E-state index in [0.29, 0.717) is 12.0 Å². The molecule has 158 valence electrons. The summed E-state index contributed by atoms with van der Waals surface area (Å²) in [6, 6.07) is 18.1. The quantitative estimate of drug-likeness (QED) is 0.814. The molecule has 2 fully saturated rings. The molecular formula is C25H30FN3O. The second-order valence-electron chi connectivity index (χ2n) is 8.93. The molecule has 0 bridgehead atoms. The van der Waals surface area contributed by atoms with Gasteiger partial charge in [0.05, 0.1) is 6.04 Å². The Morgan fingerprint density at radius 1 is 1.10 bits per heavy atom. The number of halogens is 1. The van der Waals surface area contributed by atoms with E-state index in [1.165, 1.54) is 17.5 Å². The monoisotopic (exact) mass is 407 g/mol. The number of carbonyl (C=O) groups is 1. The van der Waals surface area contributed by atoms with Crippen LogP contribution < -0.4 is 5.32 Å². The molecule has 3 aliphatic rings. The van der Waals surface area contributed by atoms with Crippen LogP contribution >= 0.6 is 0 Å². The summed E-state index contributed by atoms with van der Waals surface area (Å²) in [5.41, 5.74) is 3.70. The molecule has 3 aliphatic heterocycles. The lowest BCUT2D eigenvalue weighted by Gasteiger charge is -2.52. The first-order valence-corrected chi connectivity index (χ1v) is 11.2. The van der Waals surface area contributed by atoms with Gasteiger partial charge in [-0.25, -0.2) is 9.18 Å². The fourth-order valence-corrected chi connectivity index (χ4v) is 5.78. The van der Waals surface area contributed by atoms with Gasteiger partial charge >= 0.3 is 6.03 Å². The molecule has 0 aromatic heterocycles. The standard InChI is InChI=1S/C25H30FN3O/c26-16-22(19-8-2-1-3-9-19)27-25(30)29-13-6-10-20-17-28-14-12-18-7-4-5-11-21(18)24(28)15-23(20)29/h1-5,7-9,11,20,22-24H,6,10,12-17H2,(H,27,30)/t20-,22+,23+,24+/m1/s1. The van der Waals surface area contributed by atoms with Crippen LogP contribution in [-0.4, -0.2) is 48.2 Å². The van der Waals surface area contributed by atoms with Crippen LogP contribution in [0.25, 0.3) is 0 Å². The van der Waals surface area contributed by atoms with E-state index in [0.717, 1.165) is 44.5 Å². The number of fused-ring (bicyclic) bond motifs is 4. The molecule has 0 unspecified atom stereocenters. The number of likely N-dealkylation sites (tertiary alicyclic amines) is 1.